The predicted octanol–water partition coefficient (Wildman–Crippen LogP) is 4.47. The zero-order valence-electron chi connectivity index (χ0n) is 19.8. The fraction of sp³-hybridized carbons (Fsp3) is 0.708. The van der Waals surface area contributed by atoms with Gasteiger partial charge in [-0.25, -0.2) is 0 Å². The Balaban J connectivity index is 1.45. The second kappa shape index (κ2) is 9.80. The minimum absolute atomic E-state index is 0.0482. The van der Waals surface area contributed by atoms with Crippen LogP contribution in [0.1, 0.15) is 43.7 Å². The van der Waals surface area contributed by atoms with Gasteiger partial charge in [-0.05, 0) is 41.9 Å². The molecule has 3 aliphatic heterocycles. The van der Waals surface area contributed by atoms with Crippen LogP contribution in [0.4, 0.5) is 32.0 Å². The van der Waals surface area contributed by atoms with E-state index in [9.17, 15) is 31.1 Å². The standard InChI is InChI=1S/C24H31F6N3O2/c1-14(2)15-5-6-16(19(9-15)33-7-3-4-8-33)11-32-12-17-10-31-20(18(17)13-32)21(34)35-22(23(25,26)27)24(28,29)30/h5-6,9,14,17-18,20,22,31H,3-4,7-8,10-13H2,1-2H3. The number of esters is 1. The number of hydrogen-bond donors (Lipinski definition) is 1. The number of anilines is 1. The Kier molecular flexibility index (Phi) is 7.30. The lowest BCUT2D eigenvalue weighted by atomic mass is 9.94. The molecule has 3 heterocycles. The summed E-state index contributed by atoms with van der Waals surface area (Å²) in [5.41, 5.74) is 3.56. The lowest BCUT2D eigenvalue weighted by molar-refractivity contribution is -0.314. The summed E-state index contributed by atoms with van der Waals surface area (Å²) in [5, 5.41) is 2.78. The van der Waals surface area contributed by atoms with Crippen molar-refractivity contribution in [2.24, 2.45) is 11.8 Å². The highest BCUT2D eigenvalue weighted by Gasteiger charge is 2.61. The molecule has 3 unspecified atom stereocenters. The normalized spacial score (nSPS) is 25.7. The number of halogens is 6. The molecular formula is C24H31F6N3O2. The monoisotopic (exact) mass is 507 g/mol. The van der Waals surface area contributed by atoms with Gasteiger partial charge in [0, 0.05) is 50.9 Å². The Bertz CT molecular complexity index is 900. The van der Waals surface area contributed by atoms with Crippen molar-refractivity contribution >= 4 is 11.7 Å². The highest BCUT2D eigenvalue weighted by Crippen LogP contribution is 2.38. The number of carbonyl (C=O) groups is 1. The number of nitrogens with zero attached hydrogens (tertiary/aromatic N) is 2. The maximum Gasteiger partial charge on any atom is 0.434 e. The van der Waals surface area contributed by atoms with Gasteiger partial charge in [-0.1, -0.05) is 26.0 Å². The molecule has 196 valence electrons. The van der Waals surface area contributed by atoms with E-state index in [1.807, 2.05) is 0 Å². The first kappa shape index (κ1) is 26.1. The van der Waals surface area contributed by atoms with E-state index in [2.05, 4.69) is 51.9 Å². The van der Waals surface area contributed by atoms with Gasteiger partial charge in [-0.15, -0.1) is 0 Å². The molecule has 35 heavy (non-hydrogen) atoms. The van der Waals surface area contributed by atoms with Gasteiger partial charge in [-0.3, -0.25) is 9.69 Å². The highest BCUT2D eigenvalue weighted by atomic mass is 19.4. The van der Waals surface area contributed by atoms with Crippen molar-refractivity contribution in [3.05, 3.63) is 29.3 Å². The fourth-order valence-electron chi connectivity index (χ4n) is 5.47. The molecule has 0 saturated carbocycles. The second-order valence-corrected chi connectivity index (χ2v) is 10.1. The number of nitrogens with one attached hydrogen (secondary N) is 1. The van der Waals surface area contributed by atoms with Crippen molar-refractivity contribution in [2.45, 2.75) is 63.7 Å². The number of alkyl halides is 6. The number of carbonyl (C=O) groups excluding carboxylic acids is 1. The molecule has 4 rings (SSSR count). The first-order valence-electron chi connectivity index (χ1n) is 12.0. The van der Waals surface area contributed by atoms with Crippen LogP contribution < -0.4 is 10.2 Å². The molecule has 0 aliphatic carbocycles. The summed E-state index contributed by atoms with van der Waals surface area (Å²) in [6.07, 6.45) is -13.3. The molecule has 11 heteroatoms. The number of rotatable bonds is 6. The third-order valence-corrected chi connectivity index (χ3v) is 7.29. The van der Waals surface area contributed by atoms with Crippen molar-refractivity contribution in [1.29, 1.82) is 0 Å². The van der Waals surface area contributed by atoms with Crippen LogP contribution in [0.25, 0.3) is 0 Å². The molecule has 3 saturated heterocycles. The van der Waals surface area contributed by atoms with Gasteiger partial charge in [0.05, 0.1) is 0 Å². The van der Waals surface area contributed by atoms with Gasteiger partial charge < -0.3 is 15.0 Å². The minimum atomic E-state index is -5.72. The van der Waals surface area contributed by atoms with Crippen LogP contribution in [0, 0.1) is 11.8 Å². The predicted molar refractivity (Wildman–Crippen MR) is 118 cm³/mol. The van der Waals surface area contributed by atoms with Gasteiger partial charge >= 0.3 is 18.3 Å². The van der Waals surface area contributed by atoms with Crippen molar-refractivity contribution in [1.82, 2.24) is 10.2 Å². The molecule has 0 radical (unpaired) electrons. The summed E-state index contributed by atoms with van der Waals surface area (Å²) >= 11 is 0. The summed E-state index contributed by atoms with van der Waals surface area (Å²) in [4.78, 5) is 16.9. The molecule has 0 amide bonds. The lowest BCUT2D eigenvalue weighted by Gasteiger charge is -2.27. The quantitative estimate of drug-likeness (QED) is 0.455. The van der Waals surface area contributed by atoms with Gasteiger partial charge in [0.15, 0.2) is 0 Å². The third-order valence-electron chi connectivity index (χ3n) is 7.29. The third kappa shape index (κ3) is 5.71. The van der Waals surface area contributed by atoms with Crippen molar-refractivity contribution in [3.63, 3.8) is 0 Å². The first-order chi connectivity index (χ1) is 16.3. The lowest BCUT2D eigenvalue weighted by Crippen LogP contribution is -2.49. The van der Waals surface area contributed by atoms with Gasteiger partial charge in [0.1, 0.15) is 6.04 Å². The maximum atomic E-state index is 12.8. The Morgan fingerprint density at radius 1 is 1.09 bits per heavy atom. The van der Waals surface area contributed by atoms with Crippen LogP contribution in [0.15, 0.2) is 18.2 Å². The van der Waals surface area contributed by atoms with Crippen molar-refractivity contribution in [2.75, 3.05) is 37.6 Å². The SMILES string of the molecule is CC(C)c1ccc(CN2CC3CNC(C(=O)OC(C(F)(F)F)C(F)(F)F)C3C2)c(N2CCCC2)c1. The number of benzene rings is 1. The average molecular weight is 508 g/mol. The zero-order valence-corrected chi connectivity index (χ0v) is 19.8. The number of fused-ring (bicyclic) bond motifs is 1. The van der Waals surface area contributed by atoms with Crippen molar-refractivity contribution in [3.8, 4) is 0 Å². The molecule has 0 aromatic heterocycles. The molecule has 0 bridgehead atoms. The highest BCUT2D eigenvalue weighted by molar-refractivity contribution is 5.77. The van der Waals surface area contributed by atoms with E-state index in [0.717, 1.165) is 31.5 Å². The van der Waals surface area contributed by atoms with E-state index < -0.39 is 36.4 Å². The van der Waals surface area contributed by atoms with Crippen molar-refractivity contribution < 1.29 is 35.9 Å². The van der Waals surface area contributed by atoms with Crippen LogP contribution >= 0.6 is 0 Å². The zero-order chi connectivity index (χ0) is 25.5. The minimum Gasteiger partial charge on any atom is -0.442 e. The van der Waals surface area contributed by atoms with E-state index in [1.165, 1.54) is 11.3 Å². The average Bonchev–Trinajstić information content (AvgIpc) is 3.47. The summed E-state index contributed by atoms with van der Waals surface area (Å²) in [5.74, 6) is -1.58. The summed E-state index contributed by atoms with van der Waals surface area (Å²) in [6, 6.07) is 5.24. The molecule has 3 fully saturated rings. The Morgan fingerprint density at radius 3 is 2.34 bits per heavy atom. The van der Waals surface area contributed by atoms with E-state index in [4.69, 9.17) is 0 Å². The van der Waals surface area contributed by atoms with Crippen LogP contribution in [-0.2, 0) is 16.1 Å². The van der Waals surface area contributed by atoms with E-state index >= 15 is 0 Å². The topological polar surface area (TPSA) is 44.8 Å². The van der Waals surface area contributed by atoms with Gasteiger partial charge in [0.2, 0.25) is 0 Å². The fourth-order valence-corrected chi connectivity index (χ4v) is 5.47. The molecular weight excluding hydrogens is 476 g/mol. The molecule has 3 aliphatic rings. The van der Waals surface area contributed by atoms with Gasteiger partial charge in [0.25, 0.3) is 6.10 Å². The van der Waals surface area contributed by atoms with Gasteiger partial charge in [-0.2, -0.15) is 26.3 Å². The smallest absolute Gasteiger partial charge is 0.434 e. The molecule has 1 aromatic carbocycles. The van der Waals surface area contributed by atoms with Crippen LogP contribution in [0.2, 0.25) is 0 Å². The second-order valence-electron chi connectivity index (χ2n) is 10.1. The van der Waals surface area contributed by atoms with E-state index in [0.29, 0.717) is 32.1 Å². The molecule has 5 nitrogen and oxygen atoms in total. The van der Waals surface area contributed by atoms with Crippen LogP contribution in [0.3, 0.4) is 0 Å². The van der Waals surface area contributed by atoms with Crippen LogP contribution in [-0.4, -0.2) is 68.1 Å². The number of hydrogen-bond acceptors (Lipinski definition) is 5. The Hall–Kier alpha value is -2.01. The summed E-state index contributed by atoms with van der Waals surface area (Å²) in [6.45, 7) is 8.19. The number of likely N-dealkylation sites (tertiary alicyclic amines) is 1. The largest absolute Gasteiger partial charge is 0.442 e. The summed E-state index contributed by atoms with van der Waals surface area (Å²) in [7, 11) is 0. The first-order valence-corrected chi connectivity index (χ1v) is 12.0. The molecule has 1 N–H and O–H groups in total. The summed E-state index contributed by atoms with van der Waals surface area (Å²) < 4.78 is 81.1. The number of ether oxygens (including phenoxy) is 1. The molecule has 3 atom stereocenters. The Labute approximate surface area is 200 Å². The van der Waals surface area contributed by atoms with Crippen LogP contribution in [0.5, 0.6) is 0 Å². The molecule has 0 spiro atoms. The maximum absolute atomic E-state index is 12.8. The molecule has 1 aromatic rings. The van der Waals surface area contributed by atoms with E-state index in [1.54, 1.807) is 0 Å². The van der Waals surface area contributed by atoms with E-state index in [-0.39, 0.29) is 5.92 Å². The Morgan fingerprint density at radius 2 is 1.74 bits per heavy atom.